The van der Waals surface area contributed by atoms with Gasteiger partial charge in [-0.3, -0.25) is 4.79 Å². The van der Waals surface area contributed by atoms with Gasteiger partial charge in [0, 0.05) is 17.1 Å². The van der Waals surface area contributed by atoms with Gasteiger partial charge in [0.25, 0.3) is 0 Å². The van der Waals surface area contributed by atoms with Gasteiger partial charge in [-0.15, -0.1) is 0 Å². The third kappa shape index (κ3) is 4.21. The molecule has 2 N–H and O–H groups in total. The molecule has 0 fully saturated rings. The first kappa shape index (κ1) is 13.0. The minimum Gasteiger partial charge on any atom is -0.326 e. The molecule has 1 aromatic rings. The third-order valence-corrected chi connectivity index (χ3v) is 2.69. The first-order valence-electron chi connectivity index (χ1n) is 5.34. The van der Waals surface area contributed by atoms with E-state index in [1.54, 1.807) is 6.07 Å². The average Bonchev–Trinajstić information content (AvgIpc) is 2.24. The molecule has 0 aliphatic heterocycles. The highest BCUT2D eigenvalue weighted by Gasteiger charge is 2.03. The molecule has 0 saturated carbocycles. The summed E-state index contributed by atoms with van der Waals surface area (Å²) in [6, 6.07) is 5.52. The summed E-state index contributed by atoms with van der Waals surface area (Å²) in [6.07, 6.45) is 1.36. The summed E-state index contributed by atoms with van der Waals surface area (Å²) in [7, 11) is 1.87. The number of benzene rings is 1. The van der Waals surface area contributed by atoms with Crippen molar-refractivity contribution in [3.63, 3.8) is 0 Å². The monoisotopic (exact) mass is 240 g/mol. The van der Waals surface area contributed by atoms with E-state index in [4.69, 9.17) is 11.6 Å². The number of carbonyl (C=O) groups excluding carboxylic acids is 1. The summed E-state index contributed by atoms with van der Waals surface area (Å²) in [4.78, 5) is 11.5. The highest BCUT2D eigenvalue weighted by molar-refractivity contribution is 6.31. The van der Waals surface area contributed by atoms with Crippen molar-refractivity contribution in [2.45, 2.75) is 19.8 Å². The minimum absolute atomic E-state index is 0.0233. The van der Waals surface area contributed by atoms with Crippen LogP contribution in [0.4, 0.5) is 5.69 Å². The Kier molecular flexibility index (Phi) is 5.29. The molecule has 0 unspecified atom stereocenters. The Labute approximate surface area is 101 Å². The first-order chi connectivity index (χ1) is 7.63. The zero-order chi connectivity index (χ0) is 12.0. The van der Waals surface area contributed by atoms with Gasteiger partial charge in [0.05, 0.1) is 0 Å². The van der Waals surface area contributed by atoms with Gasteiger partial charge in [-0.05, 0) is 44.6 Å². The number of amides is 1. The van der Waals surface area contributed by atoms with E-state index in [1.807, 2.05) is 26.1 Å². The lowest BCUT2D eigenvalue weighted by Crippen LogP contribution is -2.15. The number of hydrogen-bond donors (Lipinski definition) is 2. The fraction of sp³-hybridized carbons (Fsp3) is 0.417. The van der Waals surface area contributed by atoms with Gasteiger partial charge in [-0.1, -0.05) is 17.7 Å². The van der Waals surface area contributed by atoms with Gasteiger partial charge in [0.15, 0.2) is 0 Å². The summed E-state index contributed by atoms with van der Waals surface area (Å²) >= 11 is 5.96. The van der Waals surface area contributed by atoms with E-state index in [2.05, 4.69) is 10.6 Å². The first-order valence-corrected chi connectivity index (χ1v) is 5.72. The largest absolute Gasteiger partial charge is 0.326 e. The number of hydrogen-bond acceptors (Lipinski definition) is 2. The molecule has 0 saturated heterocycles. The highest BCUT2D eigenvalue weighted by Crippen LogP contribution is 2.19. The van der Waals surface area contributed by atoms with Crippen LogP contribution in [0.5, 0.6) is 0 Å². The molecule has 0 atom stereocenters. The second-order valence-electron chi connectivity index (χ2n) is 3.72. The molecule has 0 spiro atoms. The average molecular weight is 241 g/mol. The molecule has 16 heavy (non-hydrogen) atoms. The highest BCUT2D eigenvalue weighted by atomic mass is 35.5. The van der Waals surface area contributed by atoms with Gasteiger partial charge in [0.1, 0.15) is 0 Å². The quantitative estimate of drug-likeness (QED) is 0.777. The predicted octanol–water partition coefficient (Wildman–Crippen LogP) is 2.59. The second kappa shape index (κ2) is 6.51. The Hall–Kier alpha value is -1.06. The molecule has 1 rings (SSSR count). The van der Waals surface area contributed by atoms with Crippen LogP contribution in [0.25, 0.3) is 0 Å². The summed E-state index contributed by atoms with van der Waals surface area (Å²) in [5, 5.41) is 6.49. The van der Waals surface area contributed by atoms with E-state index in [0.29, 0.717) is 11.4 Å². The van der Waals surface area contributed by atoms with Gasteiger partial charge >= 0.3 is 0 Å². The van der Waals surface area contributed by atoms with E-state index < -0.39 is 0 Å². The number of aryl methyl sites for hydroxylation is 1. The number of anilines is 1. The zero-order valence-electron chi connectivity index (χ0n) is 9.64. The molecular weight excluding hydrogens is 224 g/mol. The van der Waals surface area contributed by atoms with Crippen molar-refractivity contribution in [3.8, 4) is 0 Å². The van der Waals surface area contributed by atoms with Crippen LogP contribution in [-0.2, 0) is 4.79 Å². The van der Waals surface area contributed by atoms with E-state index in [0.717, 1.165) is 24.2 Å². The predicted molar refractivity (Wildman–Crippen MR) is 68.0 cm³/mol. The van der Waals surface area contributed by atoms with Crippen LogP contribution in [0.3, 0.4) is 0 Å². The normalized spacial score (nSPS) is 10.2. The van der Waals surface area contributed by atoms with Crippen LogP contribution >= 0.6 is 11.6 Å². The topological polar surface area (TPSA) is 41.1 Å². The Morgan fingerprint density at radius 3 is 2.81 bits per heavy atom. The molecule has 3 nitrogen and oxygen atoms in total. The van der Waals surface area contributed by atoms with E-state index in [9.17, 15) is 4.79 Å². The molecule has 1 aromatic carbocycles. The van der Waals surface area contributed by atoms with E-state index >= 15 is 0 Å². The lowest BCUT2D eigenvalue weighted by Gasteiger charge is -2.06. The number of halogens is 1. The zero-order valence-corrected chi connectivity index (χ0v) is 10.4. The third-order valence-electron chi connectivity index (χ3n) is 2.29. The second-order valence-corrected chi connectivity index (χ2v) is 4.13. The molecule has 0 aliphatic carbocycles. The molecule has 0 heterocycles. The molecule has 0 bridgehead atoms. The van der Waals surface area contributed by atoms with E-state index in [1.165, 1.54) is 0 Å². The van der Waals surface area contributed by atoms with E-state index in [-0.39, 0.29) is 5.91 Å². The Bertz CT molecular complexity index is 366. The molecule has 1 amide bonds. The van der Waals surface area contributed by atoms with Gasteiger partial charge in [0.2, 0.25) is 5.91 Å². The summed E-state index contributed by atoms with van der Waals surface area (Å²) < 4.78 is 0. The lowest BCUT2D eigenvalue weighted by molar-refractivity contribution is -0.116. The van der Waals surface area contributed by atoms with Crippen molar-refractivity contribution in [3.05, 3.63) is 28.8 Å². The maximum absolute atomic E-state index is 11.5. The van der Waals surface area contributed by atoms with Crippen molar-refractivity contribution >= 4 is 23.2 Å². The van der Waals surface area contributed by atoms with Crippen LogP contribution in [0, 0.1) is 6.92 Å². The number of nitrogens with one attached hydrogen (secondary N) is 2. The minimum atomic E-state index is 0.0233. The van der Waals surface area contributed by atoms with Crippen LogP contribution in [0.1, 0.15) is 18.4 Å². The van der Waals surface area contributed by atoms with Crippen molar-refractivity contribution in [1.29, 1.82) is 0 Å². The van der Waals surface area contributed by atoms with Gasteiger partial charge < -0.3 is 10.6 Å². The standard InChI is InChI=1S/C12H17ClN2O/c1-9-5-6-10(8-11(9)13)15-12(16)4-3-7-14-2/h5-6,8,14H,3-4,7H2,1-2H3,(H,15,16). The Morgan fingerprint density at radius 1 is 1.44 bits per heavy atom. The fourth-order valence-corrected chi connectivity index (χ4v) is 1.50. The van der Waals surface area contributed by atoms with Crippen LogP contribution in [-0.4, -0.2) is 19.5 Å². The molecule has 88 valence electrons. The summed E-state index contributed by atoms with van der Waals surface area (Å²) in [5.41, 5.74) is 1.76. The smallest absolute Gasteiger partial charge is 0.224 e. The Morgan fingerprint density at radius 2 is 2.19 bits per heavy atom. The molecule has 4 heteroatoms. The SMILES string of the molecule is CNCCCC(=O)Nc1ccc(C)c(Cl)c1. The fourth-order valence-electron chi connectivity index (χ4n) is 1.32. The molecular formula is C12H17ClN2O. The van der Waals surface area contributed by atoms with Crippen LogP contribution < -0.4 is 10.6 Å². The summed E-state index contributed by atoms with van der Waals surface area (Å²) in [5.74, 6) is 0.0233. The van der Waals surface area contributed by atoms with Crippen molar-refractivity contribution in [2.75, 3.05) is 18.9 Å². The number of rotatable bonds is 5. The van der Waals surface area contributed by atoms with Crippen LogP contribution in [0.2, 0.25) is 5.02 Å². The summed E-state index contributed by atoms with van der Waals surface area (Å²) in [6.45, 7) is 2.78. The molecule has 0 aliphatic rings. The van der Waals surface area contributed by atoms with Gasteiger partial charge in [-0.25, -0.2) is 0 Å². The van der Waals surface area contributed by atoms with Crippen molar-refractivity contribution < 1.29 is 4.79 Å². The molecule has 0 aromatic heterocycles. The van der Waals surface area contributed by atoms with Gasteiger partial charge in [-0.2, -0.15) is 0 Å². The molecule has 0 radical (unpaired) electrons. The van der Waals surface area contributed by atoms with Crippen molar-refractivity contribution in [1.82, 2.24) is 5.32 Å². The van der Waals surface area contributed by atoms with Crippen LogP contribution in [0.15, 0.2) is 18.2 Å². The maximum atomic E-state index is 11.5. The van der Waals surface area contributed by atoms with Crippen molar-refractivity contribution in [2.24, 2.45) is 0 Å². The maximum Gasteiger partial charge on any atom is 0.224 e. The number of carbonyl (C=O) groups is 1. The Balaban J connectivity index is 2.46. The lowest BCUT2D eigenvalue weighted by atomic mass is 10.2.